The first-order valence-electron chi connectivity index (χ1n) is 12.6. The maximum atomic E-state index is 13.9. The molecule has 14 nitrogen and oxygen atoms in total. The second kappa shape index (κ2) is 11.8. The number of esters is 1. The molecule has 1 aliphatic heterocycles. The summed E-state index contributed by atoms with van der Waals surface area (Å²) in [4.78, 5) is 52.6. The summed E-state index contributed by atoms with van der Waals surface area (Å²) in [5.41, 5.74) is -1.64. The molecule has 0 radical (unpaired) electrons. The summed E-state index contributed by atoms with van der Waals surface area (Å²) in [7, 11) is 1.45. The van der Waals surface area contributed by atoms with Crippen LogP contribution in [-0.4, -0.2) is 45.3 Å². The van der Waals surface area contributed by atoms with Gasteiger partial charge in [-0.05, 0) is 51.5 Å². The Labute approximate surface area is 241 Å². The van der Waals surface area contributed by atoms with Gasteiger partial charge in [0, 0.05) is 11.6 Å². The van der Waals surface area contributed by atoms with Crippen molar-refractivity contribution in [2.24, 2.45) is 4.99 Å². The topological polar surface area (TPSA) is 186 Å². The lowest BCUT2D eigenvalue weighted by molar-refractivity contribution is -0.394. The summed E-state index contributed by atoms with van der Waals surface area (Å²) in [6.07, 6.45) is 0.959. The first-order chi connectivity index (χ1) is 19.9. The number of nitro groups is 2. The number of rotatable bonds is 9. The Morgan fingerprint density at radius 2 is 1.90 bits per heavy atom. The maximum absolute atomic E-state index is 13.9. The highest BCUT2D eigenvalue weighted by Crippen LogP contribution is 2.37. The average molecular weight is 599 g/mol. The van der Waals surface area contributed by atoms with E-state index in [0.717, 1.165) is 23.5 Å². The predicted molar refractivity (Wildman–Crippen MR) is 151 cm³/mol. The Morgan fingerprint density at radius 3 is 2.50 bits per heavy atom. The number of hydrogen-bond donors (Lipinski definition) is 1. The lowest BCUT2D eigenvalue weighted by atomic mass is 9.95. The molecule has 1 aromatic heterocycles. The molecule has 2 heterocycles. The summed E-state index contributed by atoms with van der Waals surface area (Å²) in [5.74, 6) is -0.729. The Bertz CT molecular complexity index is 1820. The molecule has 4 rings (SSSR count). The number of non-ortho nitro benzene ring substituents is 1. The Balaban J connectivity index is 2.00. The molecule has 220 valence electrons. The summed E-state index contributed by atoms with van der Waals surface area (Å²) in [6, 6.07) is 5.50. The number of nitro benzene ring substituents is 2. The van der Waals surface area contributed by atoms with Crippen molar-refractivity contribution in [3.63, 3.8) is 0 Å². The summed E-state index contributed by atoms with van der Waals surface area (Å²) in [5, 5.41) is 33.3. The number of ether oxygens (including phenoxy) is 3. The molecule has 0 spiro atoms. The van der Waals surface area contributed by atoms with Crippen molar-refractivity contribution in [2.75, 3.05) is 13.7 Å². The number of hydrogen-bond acceptors (Lipinski definition) is 12. The van der Waals surface area contributed by atoms with Gasteiger partial charge in [-0.15, -0.1) is 0 Å². The molecule has 0 amide bonds. The summed E-state index contributed by atoms with van der Waals surface area (Å²) < 4.78 is 17.8. The zero-order valence-electron chi connectivity index (χ0n) is 23.1. The number of carbonyl (C=O) groups excluding carboxylic acids is 1. The third-order valence-corrected chi connectivity index (χ3v) is 7.16. The highest BCUT2D eigenvalue weighted by Gasteiger charge is 2.34. The number of aromatic nitrogens is 1. The Morgan fingerprint density at radius 1 is 1.19 bits per heavy atom. The highest BCUT2D eigenvalue weighted by atomic mass is 32.1. The van der Waals surface area contributed by atoms with Gasteiger partial charge in [0.1, 0.15) is 0 Å². The summed E-state index contributed by atoms with van der Waals surface area (Å²) >= 11 is 0.880. The number of carbonyl (C=O) groups is 1. The van der Waals surface area contributed by atoms with Gasteiger partial charge in [-0.2, -0.15) is 0 Å². The van der Waals surface area contributed by atoms with E-state index in [1.165, 1.54) is 11.7 Å². The van der Waals surface area contributed by atoms with Crippen LogP contribution in [0.1, 0.15) is 44.9 Å². The van der Waals surface area contributed by atoms with Crippen molar-refractivity contribution in [2.45, 2.75) is 39.8 Å². The van der Waals surface area contributed by atoms with Crippen LogP contribution in [0.3, 0.4) is 0 Å². The summed E-state index contributed by atoms with van der Waals surface area (Å²) in [6.45, 7) is 7.01. The number of benzene rings is 2. The smallest absolute Gasteiger partial charge is 0.338 e. The second-order valence-electron chi connectivity index (χ2n) is 9.30. The van der Waals surface area contributed by atoms with Crippen molar-refractivity contribution in [1.82, 2.24) is 4.57 Å². The zero-order chi connectivity index (χ0) is 30.9. The molecule has 0 saturated heterocycles. The van der Waals surface area contributed by atoms with Gasteiger partial charge in [0.05, 0.1) is 57.6 Å². The van der Waals surface area contributed by atoms with E-state index >= 15 is 0 Å². The SMILES string of the molecule is CCOC(=O)C1=C(C)N=c2s/c(=C\c3cc([N+](=O)[O-])cc([N+](=O)[O-])c3O)c(=O)n2[C@@H]1c1ccc(OC(C)C)c(OC)c1. The first-order valence-corrected chi connectivity index (χ1v) is 13.4. The van der Waals surface area contributed by atoms with Crippen molar-refractivity contribution < 1.29 is 34.0 Å². The van der Waals surface area contributed by atoms with Crippen molar-refractivity contribution >= 4 is 34.8 Å². The molecule has 0 bridgehead atoms. The van der Waals surface area contributed by atoms with E-state index < -0.39 is 44.5 Å². The quantitative estimate of drug-likeness (QED) is 0.218. The van der Waals surface area contributed by atoms with Crippen LogP contribution in [-0.2, 0) is 9.53 Å². The minimum absolute atomic E-state index is 0.0477. The van der Waals surface area contributed by atoms with Crippen LogP contribution in [0, 0.1) is 20.2 Å². The molecule has 1 N–H and O–H groups in total. The zero-order valence-corrected chi connectivity index (χ0v) is 24.0. The standard InChI is InChI=1S/C27H26N4O10S/c1-6-40-26(34)22-14(4)28-27-29(23(22)15-7-8-19(41-13(2)3)20(10-15)39-5)25(33)21(42-27)11-16-9-17(30(35)36)12-18(24(16)32)31(37)38/h7-13,23,32H,6H2,1-5H3/b21-11-/t23-/m1/s1. The fourth-order valence-electron chi connectivity index (χ4n) is 4.43. The fraction of sp³-hybridized carbons (Fsp3) is 0.296. The number of fused-ring (bicyclic) bond motifs is 1. The van der Waals surface area contributed by atoms with Gasteiger partial charge < -0.3 is 19.3 Å². The molecule has 0 fully saturated rings. The average Bonchev–Trinajstić information content (AvgIpc) is 3.22. The minimum atomic E-state index is -1.02. The number of aromatic hydroxyl groups is 1. The molecule has 1 atom stereocenters. The maximum Gasteiger partial charge on any atom is 0.338 e. The van der Waals surface area contributed by atoms with Crippen LogP contribution in [0.2, 0.25) is 0 Å². The molecule has 0 aliphatic carbocycles. The third-order valence-electron chi connectivity index (χ3n) is 6.18. The van der Waals surface area contributed by atoms with Crippen molar-refractivity contribution in [3.05, 3.63) is 92.6 Å². The number of allylic oxidation sites excluding steroid dienone is 1. The molecule has 15 heteroatoms. The van der Waals surface area contributed by atoms with Crippen LogP contribution >= 0.6 is 11.3 Å². The number of phenols is 1. The van der Waals surface area contributed by atoms with Gasteiger partial charge in [-0.25, -0.2) is 9.79 Å². The van der Waals surface area contributed by atoms with E-state index in [1.54, 1.807) is 32.0 Å². The molecule has 2 aromatic carbocycles. The number of methoxy groups -OCH3 is 1. The molecule has 0 saturated carbocycles. The van der Waals surface area contributed by atoms with Crippen LogP contribution in [0.15, 0.2) is 51.4 Å². The van der Waals surface area contributed by atoms with Gasteiger partial charge in [-0.3, -0.25) is 29.6 Å². The first kappa shape index (κ1) is 29.9. The van der Waals surface area contributed by atoms with E-state index in [2.05, 4.69) is 4.99 Å². The van der Waals surface area contributed by atoms with Gasteiger partial charge in [0.15, 0.2) is 16.3 Å². The van der Waals surface area contributed by atoms with Crippen molar-refractivity contribution in [1.29, 1.82) is 0 Å². The van der Waals surface area contributed by atoms with Gasteiger partial charge in [-0.1, -0.05) is 17.4 Å². The second-order valence-corrected chi connectivity index (χ2v) is 10.3. The van der Waals surface area contributed by atoms with Crippen LogP contribution in [0.4, 0.5) is 11.4 Å². The van der Waals surface area contributed by atoms with E-state index in [9.17, 15) is 34.9 Å². The van der Waals surface area contributed by atoms with Crippen molar-refractivity contribution in [3.8, 4) is 17.2 Å². The molecule has 1 aliphatic rings. The minimum Gasteiger partial charge on any atom is -0.502 e. The number of thiazole rings is 1. The van der Waals surface area contributed by atoms with Crippen LogP contribution < -0.4 is 24.4 Å². The molecular formula is C27H26N4O10S. The fourth-order valence-corrected chi connectivity index (χ4v) is 5.47. The monoisotopic (exact) mass is 598 g/mol. The predicted octanol–water partition coefficient (Wildman–Crippen LogP) is 3.12. The van der Waals surface area contributed by atoms with Crippen LogP contribution in [0.5, 0.6) is 17.2 Å². The van der Waals surface area contributed by atoms with Crippen LogP contribution in [0.25, 0.3) is 6.08 Å². The number of nitrogens with zero attached hydrogens (tertiary/aromatic N) is 4. The lowest BCUT2D eigenvalue weighted by Gasteiger charge is -2.25. The van der Waals surface area contributed by atoms with Gasteiger partial charge in [0.25, 0.3) is 11.2 Å². The van der Waals surface area contributed by atoms with E-state index in [1.807, 2.05) is 13.8 Å². The molecular weight excluding hydrogens is 572 g/mol. The lowest BCUT2D eigenvalue weighted by Crippen LogP contribution is -2.40. The molecule has 42 heavy (non-hydrogen) atoms. The largest absolute Gasteiger partial charge is 0.502 e. The number of phenolic OH excluding ortho intramolecular Hbond substituents is 1. The van der Waals surface area contributed by atoms with Gasteiger partial charge in [0.2, 0.25) is 5.75 Å². The third kappa shape index (κ3) is 5.58. The molecule has 0 unspecified atom stereocenters. The van der Waals surface area contributed by atoms with Gasteiger partial charge >= 0.3 is 11.7 Å². The normalized spacial score (nSPS) is 14.8. The molecule has 3 aromatic rings. The highest BCUT2D eigenvalue weighted by molar-refractivity contribution is 7.07. The van der Waals surface area contributed by atoms with E-state index in [0.29, 0.717) is 28.8 Å². The van der Waals surface area contributed by atoms with E-state index in [4.69, 9.17) is 14.2 Å². The Kier molecular flexibility index (Phi) is 8.42. The Hall–Kier alpha value is -5.05. The van der Waals surface area contributed by atoms with E-state index in [-0.39, 0.29) is 33.2 Å².